The highest BCUT2D eigenvalue weighted by molar-refractivity contribution is 5.82. The molecule has 0 saturated carbocycles. The first kappa shape index (κ1) is 14.1. The summed E-state index contributed by atoms with van der Waals surface area (Å²) in [6.45, 7) is 5.95. The van der Waals surface area contributed by atoms with E-state index in [2.05, 4.69) is 36.6 Å². The molecular formula is C16H24N2O. The second kappa shape index (κ2) is 6.71. The van der Waals surface area contributed by atoms with Crippen molar-refractivity contribution in [2.24, 2.45) is 5.92 Å². The fraction of sp³-hybridized carbons (Fsp3) is 0.562. The van der Waals surface area contributed by atoms with E-state index in [1.54, 1.807) is 0 Å². The Morgan fingerprint density at radius 3 is 2.84 bits per heavy atom. The van der Waals surface area contributed by atoms with E-state index in [-0.39, 0.29) is 11.9 Å². The minimum Gasteiger partial charge on any atom is -0.354 e. The number of amides is 1. The molecule has 1 saturated heterocycles. The van der Waals surface area contributed by atoms with Crippen LogP contribution in [0.1, 0.15) is 38.2 Å². The number of benzene rings is 1. The van der Waals surface area contributed by atoms with Crippen LogP contribution in [0.25, 0.3) is 0 Å². The molecule has 1 aromatic rings. The Balaban J connectivity index is 1.83. The van der Waals surface area contributed by atoms with Gasteiger partial charge in [0.05, 0.1) is 6.04 Å². The van der Waals surface area contributed by atoms with Gasteiger partial charge in [-0.25, -0.2) is 0 Å². The maximum absolute atomic E-state index is 12.2. The summed E-state index contributed by atoms with van der Waals surface area (Å²) in [5, 5.41) is 6.40. The van der Waals surface area contributed by atoms with E-state index in [4.69, 9.17) is 0 Å². The Kier molecular flexibility index (Phi) is 4.97. The second-order valence-electron chi connectivity index (χ2n) is 5.61. The quantitative estimate of drug-likeness (QED) is 0.872. The topological polar surface area (TPSA) is 41.1 Å². The number of carbonyl (C=O) groups excluding carboxylic acids is 1. The first-order valence-corrected chi connectivity index (χ1v) is 7.24. The highest BCUT2D eigenvalue weighted by Crippen LogP contribution is 2.16. The van der Waals surface area contributed by atoms with Gasteiger partial charge in [-0.05, 0) is 36.8 Å². The van der Waals surface area contributed by atoms with Crippen molar-refractivity contribution in [2.45, 2.75) is 38.6 Å². The molecule has 1 amide bonds. The standard InChI is InChI=1S/C16H24N2O/c1-12-7-6-10-17-15(12)16(19)18-11-13(2)14-8-4-3-5-9-14/h3-5,8-9,12-13,15,17H,6-7,10-11H2,1-2H3,(H,18,19). The molecule has 3 heteroatoms. The van der Waals surface area contributed by atoms with E-state index in [9.17, 15) is 4.79 Å². The highest BCUT2D eigenvalue weighted by atomic mass is 16.2. The van der Waals surface area contributed by atoms with Gasteiger partial charge in [0.2, 0.25) is 5.91 Å². The average Bonchev–Trinajstić information content (AvgIpc) is 2.46. The molecule has 104 valence electrons. The maximum Gasteiger partial charge on any atom is 0.237 e. The number of hydrogen-bond donors (Lipinski definition) is 2. The third-order valence-corrected chi connectivity index (χ3v) is 4.00. The molecule has 1 aromatic carbocycles. The molecule has 3 nitrogen and oxygen atoms in total. The third kappa shape index (κ3) is 3.80. The van der Waals surface area contributed by atoms with Gasteiger partial charge >= 0.3 is 0 Å². The third-order valence-electron chi connectivity index (χ3n) is 4.00. The Bertz CT molecular complexity index is 404. The summed E-state index contributed by atoms with van der Waals surface area (Å²) in [6, 6.07) is 10.3. The predicted octanol–water partition coefficient (Wildman–Crippen LogP) is 2.29. The molecule has 1 aliphatic heterocycles. The zero-order chi connectivity index (χ0) is 13.7. The zero-order valence-corrected chi connectivity index (χ0v) is 11.9. The molecular weight excluding hydrogens is 236 g/mol. The molecule has 2 N–H and O–H groups in total. The molecule has 2 rings (SSSR count). The average molecular weight is 260 g/mol. The summed E-state index contributed by atoms with van der Waals surface area (Å²) in [4.78, 5) is 12.2. The normalized spacial score (nSPS) is 24.7. The molecule has 3 atom stereocenters. The van der Waals surface area contributed by atoms with Crippen LogP contribution in [-0.4, -0.2) is 25.0 Å². The Morgan fingerprint density at radius 2 is 2.16 bits per heavy atom. The SMILES string of the molecule is CC(CNC(=O)C1NCCCC1C)c1ccccc1. The van der Waals surface area contributed by atoms with Crippen molar-refractivity contribution in [2.75, 3.05) is 13.1 Å². The summed E-state index contributed by atoms with van der Waals surface area (Å²) in [6.07, 6.45) is 2.31. The lowest BCUT2D eigenvalue weighted by Gasteiger charge is -2.29. The van der Waals surface area contributed by atoms with Crippen molar-refractivity contribution in [1.82, 2.24) is 10.6 Å². The van der Waals surface area contributed by atoms with Crippen molar-refractivity contribution in [3.05, 3.63) is 35.9 Å². The number of carbonyl (C=O) groups is 1. The van der Waals surface area contributed by atoms with Crippen LogP contribution in [0.2, 0.25) is 0 Å². The monoisotopic (exact) mass is 260 g/mol. The van der Waals surface area contributed by atoms with E-state index in [0.717, 1.165) is 13.0 Å². The van der Waals surface area contributed by atoms with E-state index in [0.29, 0.717) is 18.4 Å². The lowest BCUT2D eigenvalue weighted by molar-refractivity contribution is -0.124. The number of hydrogen-bond acceptors (Lipinski definition) is 2. The summed E-state index contributed by atoms with van der Waals surface area (Å²) in [7, 11) is 0. The molecule has 1 heterocycles. The molecule has 0 aliphatic carbocycles. The van der Waals surface area contributed by atoms with Crippen LogP contribution < -0.4 is 10.6 Å². The fourth-order valence-electron chi connectivity index (χ4n) is 2.66. The van der Waals surface area contributed by atoms with Crippen LogP contribution in [-0.2, 0) is 4.79 Å². The van der Waals surface area contributed by atoms with Crippen molar-refractivity contribution in [3.8, 4) is 0 Å². The second-order valence-corrected chi connectivity index (χ2v) is 5.61. The number of nitrogens with one attached hydrogen (secondary N) is 2. The Labute approximate surface area is 115 Å². The van der Waals surface area contributed by atoms with Crippen molar-refractivity contribution >= 4 is 5.91 Å². The first-order chi connectivity index (χ1) is 9.18. The molecule has 1 fully saturated rings. The van der Waals surface area contributed by atoms with Gasteiger partial charge in [-0.3, -0.25) is 4.79 Å². The lowest BCUT2D eigenvalue weighted by Crippen LogP contribution is -2.51. The first-order valence-electron chi connectivity index (χ1n) is 7.24. The molecule has 0 spiro atoms. The minimum atomic E-state index is -0.0169. The summed E-state index contributed by atoms with van der Waals surface area (Å²) < 4.78 is 0. The molecule has 0 radical (unpaired) electrons. The summed E-state index contributed by atoms with van der Waals surface area (Å²) in [5.74, 6) is 0.930. The number of rotatable bonds is 4. The number of piperidine rings is 1. The minimum absolute atomic E-state index is 0.0169. The van der Waals surface area contributed by atoms with Crippen molar-refractivity contribution in [1.29, 1.82) is 0 Å². The van der Waals surface area contributed by atoms with Gasteiger partial charge in [0.15, 0.2) is 0 Å². The lowest BCUT2D eigenvalue weighted by atomic mass is 9.92. The van der Waals surface area contributed by atoms with Gasteiger partial charge in [-0.2, -0.15) is 0 Å². The molecule has 3 unspecified atom stereocenters. The van der Waals surface area contributed by atoms with Crippen molar-refractivity contribution in [3.63, 3.8) is 0 Å². The van der Waals surface area contributed by atoms with Crippen LogP contribution in [0, 0.1) is 5.92 Å². The molecule has 1 aliphatic rings. The van der Waals surface area contributed by atoms with Gasteiger partial charge < -0.3 is 10.6 Å². The summed E-state index contributed by atoms with van der Waals surface area (Å²) >= 11 is 0. The van der Waals surface area contributed by atoms with Gasteiger partial charge in [0, 0.05) is 6.54 Å². The van der Waals surface area contributed by atoms with Gasteiger partial charge in [-0.1, -0.05) is 44.2 Å². The van der Waals surface area contributed by atoms with Gasteiger partial charge in [0.25, 0.3) is 0 Å². The van der Waals surface area contributed by atoms with Crippen LogP contribution in [0.5, 0.6) is 0 Å². The zero-order valence-electron chi connectivity index (χ0n) is 11.9. The van der Waals surface area contributed by atoms with Crippen LogP contribution in [0.15, 0.2) is 30.3 Å². The highest BCUT2D eigenvalue weighted by Gasteiger charge is 2.27. The van der Waals surface area contributed by atoms with Crippen LogP contribution in [0.3, 0.4) is 0 Å². The van der Waals surface area contributed by atoms with E-state index in [1.807, 2.05) is 18.2 Å². The Morgan fingerprint density at radius 1 is 1.42 bits per heavy atom. The van der Waals surface area contributed by atoms with Crippen LogP contribution in [0.4, 0.5) is 0 Å². The van der Waals surface area contributed by atoms with Gasteiger partial charge in [-0.15, -0.1) is 0 Å². The smallest absolute Gasteiger partial charge is 0.237 e. The predicted molar refractivity (Wildman–Crippen MR) is 78.1 cm³/mol. The summed E-state index contributed by atoms with van der Waals surface area (Å²) in [5.41, 5.74) is 1.27. The largest absolute Gasteiger partial charge is 0.354 e. The van der Waals surface area contributed by atoms with Gasteiger partial charge in [0.1, 0.15) is 0 Å². The van der Waals surface area contributed by atoms with E-state index in [1.165, 1.54) is 12.0 Å². The van der Waals surface area contributed by atoms with E-state index >= 15 is 0 Å². The van der Waals surface area contributed by atoms with Crippen LogP contribution >= 0.6 is 0 Å². The fourth-order valence-corrected chi connectivity index (χ4v) is 2.66. The molecule has 0 aromatic heterocycles. The maximum atomic E-state index is 12.2. The Hall–Kier alpha value is -1.35. The van der Waals surface area contributed by atoms with E-state index < -0.39 is 0 Å². The molecule has 0 bridgehead atoms. The molecule has 19 heavy (non-hydrogen) atoms. The van der Waals surface area contributed by atoms with Crippen molar-refractivity contribution < 1.29 is 4.79 Å².